The molecule has 0 saturated carbocycles. The van der Waals surface area contributed by atoms with Crippen LogP contribution >= 0.6 is 0 Å². The van der Waals surface area contributed by atoms with Gasteiger partial charge in [-0.25, -0.2) is 9.37 Å². The maximum absolute atomic E-state index is 14.5. The number of nitrogens with zero attached hydrogens (tertiary/aromatic N) is 3. The van der Waals surface area contributed by atoms with Gasteiger partial charge in [0.05, 0.1) is 12.2 Å². The molecule has 0 radical (unpaired) electrons. The molecule has 168 valence electrons. The molecule has 1 aliphatic rings. The lowest BCUT2D eigenvalue weighted by Crippen LogP contribution is -2.26. The van der Waals surface area contributed by atoms with Crippen LogP contribution in [-0.2, 0) is 25.7 Å². The first kappa shape index (κ1) is 21.8. The first-order valence-corrected chi connectivity index (χ1v) is 10.1. The van der Waals surface area contributed by atoms with Crippen molar-refractivity contribution in [2.75, 3.05) is 11.9 Å². The fourth-order valence-corrected chi connectivity index (χ4v) is 3.69. The molecule has 3 aromatic rings. The Morgan fingerprint density at radius 1 is 1.16 bits per heavy atom. The van der Waals surface area contributed by atoms with Crippen molar-refractivity contribution in [3.8, 4) is 16.9 Å². The molecule has 2 aromatic heterocycles. The summed E-state index contributed by atoms with van der Waals surface area (Å²) in [7, 11) is 0. The minimum atomic E-state index is -4.56. The van der Waals surface area contributed by atoms with Crippen molar-refractivity contribution >= 4 is 5.95 Å². The van der Waals surface area contributed by atoms with Crippen molar-refractivity contribution in [2.24, 2.45) is 0 Å². The fourth-order valence-electron chi connectivity index (χ4n) is 3.69. The van der Waals surface area contributed by atoms with Crippen LogP contribution in [0.5, 0.6) is 5.75 Å². The number of fused-ring (bicyclic) bond motifs is 1. The van der Waals surface area contributed by atoms with E-state index in [-0.39, 0.29) is 36.0 Å². The van der Waals surface area contributed by atoms with Gasteiger partial charge in [-0.05, 0) is 38.0 Å². The van der Waals surface area contributed by atoms with E-state index in [1.54, 1.807) is 13.0 Å². The number of anilines is 1. The number of benzene rings is 1. The molecule has 0 fully saturated rings. The lowest BCUT2D eigenvalue weighted by Gasteiger charge is -2.21. The smallest absolute Gasteiger partial charge is 0.433 e. The lowest BCUT2D eigenvalue weighted by atomic mass is 9.99. The largest absolute Gasteiger partial charge is 0.493 e. The highest BCUT2D eigenvalue weighted by molar-refractivity contribution is 5.61. The molecule has 0 bridgehead atoms. The summed E-state index contributed by atoms with van der Waals surface area (Å²) in [5.74, 6) is 0.509. The molecule has 1 N–H and O–H groups in total. The third-order valence-corrected chi connectivity index (χ3v) is 5.31. The Hall–Kier alpha value is -3.43. The Morgan fingerprint density at radius 2 is 1.97 bits per heavy atom. The molecule has 0 saturated heterocycles. The predicted molar refractivity (Wildman–Crippen MR) is 110 cm³/mol. The summed E-state index contributed by atoms with van der Waals surface area (Å²) in [5.41, 5.74) is 0.113. The van der Waals surface area contributed by atoms with Gasteiger partial charge in [0, 0.05) is 42.2 Å². The van der Waals surface area contributed by atoms with Crippen molar-refractivity contribution in [3.63, 3.8) is 0 Å². The molecule has 4 rings (SSSR count). The van der Waals surface area contributed by atoms with Crippen molar-refractivity contribution in [2.45, 2.75) is 39.0 Å². The molecule has 0 unspecified atom stereocenters. The molecular formula is C22H20F4N4O2. The van der Waals surface area contributed by atoms with Crippen LogP contribution in [0.4, 0.5) is 23.5 Å². The van der Waals surface area contributed by atoms with E-state index < -0.39 is 17.4 Å². The van der Waals surface area contributed by atoms with Crippen molar-refractivity contribution in [3.05, 3.63) is 69.7 Å². The SMILES string of the molecule is CCn1c(NCc2c(F)ccc3c2CCCO3)ncc(-c2ccc(C(F)(F)F)nc2)c1=O. The number of halogens is 4. The number of ether oxygens (including phenoxy) is 1. The maximum Gasteiger partial charge on any atom is 0.433 e. The number of hydrogen-bond acceptors (Lipinski definition) is 5. The van der Waals surface area contributed by atoms with Gasteiger partial charge in [-0.15, -0.1) is 0 Å². The second kappa shape index (κ2) is 8.60. The monoisotopic (exact) mass is 448 g/mol. The average Bonchev–Trinajstić information content (AvgIpc) is 2.78. The number of hydrogen-bond donors (Lipinski definition) is 1. The van der Waals surface area contributed by atoms with Crippen LogP contribution in [0.3, 0.4) is 0 Å². The van der Waals surface area contributed by atoms with Crippen molar-refractivity contribution in [1.29, 1.82) is 0 Å². The van der Waals surface area contributed by atoms with Crippen molar-refractivity contribution < 1.29 is 22.3 Å². The molecule has 32 heavy (non-hydrogen) atoms. The van der Waals surface area contributed by atoms with Gasteiger partial charge in [-0.1, -0.05) is 6.07 Å². The van der Waals surface area contributed by atoms with E-state index in [0.717, 1.165) is 24.2 Å². The molecule has 1 aromatic carbocycles. The van der Waals surface area contributed by atoms with E-state index in [4.69, 9.17) is 4.74 Å². The normalized spacial score (nSPS) is 13.4. The van der Waals surface area contributed by atoms with Crippen LogP contribution in [0.1, 0.15) is 30.2 Å². The molecule has 3 heterocycles. The number of aromatic nitrogens is 3. The van der Waals surface area contributed by atoms with Gasteiger partial charge in [-0.2, -0.15) is 13.2 Å². The number of alkyl halides is 3. The van der Waals surface area contributed by atoms with Gasteiger partial charge in [0.15, 0.2) is 0 Å². The summed E-state index contributed by atoms with van der Waals surface area (Å²) >= 11 is 0. The second-order valence-electron chi connectivity index (χ2n) is 7.28. The summed E-state index contributed by atoms with van der Waals surface area (Å²) in [6.07, 6.45) is -0.804. The molecule has 10 heteroatoms. The topological polar surface area (TPSA) is 69.0 Å². The summed E-state index contributed by atoms with van der Waals surface area (Å²) in [6, 6.07) is 4.97. The van der Waals surface area contributed by atoms with E-state index in [9.17, 15) is 22.4 Å². The first-order chi connectivity index (χ1) is 15.3. The number of pyridine rings is 1. The van der Waals surface area contributed by atoms with Crippen LogP contribution in [0.2, 0.25) is 0 Å². The Labute approximate surface area is 180 Å². The molecule has 0 atom stereocenters. The summed E-state index contributed by atoms with van der Waals surface area (Å²) in [4.78, 5) is 20.6. The zero-order valence-corrected chi connectivity index (χ0v) is 17.2. The molecule has 0 spiro atoms. The standard InChI is InChI=1S/C22H20F4N4O2/c1-2-30-20(31)15(13-5-8-19(27-10-13)22(24,25)26)11-28-21(30)29-12-16-14-4-3-9-32-18(14)7-6-17(16)23/h5-8,10-11H,2-4,9,12H2,1H3,(H,28,29). The quantitative estimate of drug-likeness (QED) is 0.586. The second-order valence-corrected chi connectivity index (χ2v) is 7.28. The third-order valence-electron chi connectivity index (χ3n) is 5.31. The van der Waals surface area contributed by atoms with E-state index >= 15 is 0 Å². The first-order valence-electron chi connectivity index (χ1n) is 10.1. The van der Waals surface area contributed by atoms with E-state index in [2.05, 4.69) is 15.3 Å². The van der Waals surface area contributed by atoms with E-state index in [1.165, 1.54) is 22.9 Å². The molecule has 6 nitrogen and oxygen atoms in total. The highest BCUT2D eigenvalue weighted by Crippen LogP contribution is 2.31. The zero-order chi connectivity index (χ0) is 22.9. The highest BCUT2D eigenvalue weighted by Gasteiger charge is 2.32. The molecule has 0 amide bonds. The van der Waals surface area contributed by atoms with Gasteiger partial charge in [0.25, 0.3) is 5.56 Å². The minimum absolute atomic E-state index is 0.103. The van der Waals surface area contributed by atoms with Gasteiger partial charge >= 0.3 is 6.18 Å². The molecular weight excluding hydrogens is 428 g/mol. The number of rotatable bonds is 5. The Balaban J connectivity index is 1.62. The Morgan fingerprint density at radius 3 is 2.66 bits per heavy atom. The minimum Gasteiger partial charge on any atom is -0.493 e. The molecule has 0 aliphatic carbocycles. The van der Waals surface area contributed by atoms with Gasteiger partial charge in [0.1, 0.15) is 17.3 Å². The Bertz CT molecular complexity index is 1190. The van der Waals surface area contributed by atoms with E-state index in [0.29, 0.717) is 24.3 Å². The van der Waals surface area contributed by atoms with Crippen LogP contribution in [0.15, 0.2) is 41.5 Å². The van der Waals surface area contributed by atoms with Gasteiger partial charge in [-0.3, -0.25) is 14.3 Å². The average molecular weight is 448 g/mol. The van der Waals surface area contributed by atoms with Crippen LogP contribution in [-0.4, -0.2) is 21.1 Å². The Kier molecular flexibility index (Phi) is 5.86. The molecule has 1 aliphatic heterocycles. The number of nitrogens with one attached hydrogen (secondary N) is 1. The maximum atomic E-state index is 14.5. The summed E-state index contributed by atoms with van der Waals surface area (Å²) < 4.78 is 59.6. The van der Waals surface area contributed by atoms with E-state index in [1.807, 2.05) is 0 Å². The van der Waals surface area contributed by atoms with Gasteiger partial charge < -0.3 is 10.1 Å². The van der Waals surface area contributed by atoms with Crippen LogP contribution < -0.4 is 15.6 Å². The summed E-state index contributed by atoms with van der Waals surface area (Å²) in [6.45, 7) is 2.69. The van der Waals surface area contributed by atoms with Crippen molar-refractivity contribution in [1.82, 2.24) is 14.5 Å². The summed E-state index contributed by atoms with van der Waals surface area (Å²) in [5, 5.41) is 3.01. The van der Waals surface area contributed by atoms with Crippen LogP contribution in [0, 0.1) is 5.82 Å². The van der Waals surface area contributed by atoms with Crippen LogP contribution in [0.25, 0.3) is 11.1 Å². The predicted octanol–water partition coefficient (Wildman–Crippen LogP) is 4.42. The van der Waals surface area contributed by atoms with Gasteiger partial charge in [0.2, 0.25) is 5.95 Å². The zero-order valence-electron chi connectivity index (χ0n) is 17.2. The fraction of sp³-hybridized carbons (Fsp3) is 0.318. The third kappa shape index (κ3) is 4.17. The highest BCUT2D eigenvalue weighted by atomic mass is 19.4. The lowest BCUT2D eigenvalue weighted by molar-refractivity contribution is -0.141.